The summed E-state index contributed by atoms with van der Waals surface area (Å²) in [6.45, 7) is 4.46. The van der Waals surface area contributed by atoms with Crippen molar-refractivity contribution in [1.82, 2.24) is 9.55 Å². The van der Waals surface area contributed by atoms with Crippen LogP contribution in [-0.2, 0) is 11.3 Å². The molecule has 0 bridgehead atoms. The van der Waals surface area contributed by atoms with E-state index >= 15 is 0 Å². The first-order chi connectivity index (χ1) is 15.8. The highest BCUT2D eigenvalue weighted by Crippen LogP contribution is 2.26. The van der Waals surface area contributed by atoms with E-state index < -0.39 is 6.03 Å². The fourth-order valence-electron chi connectivity index (χ4n) is 3.40. The molecule has 0 aliphatic rings. The summed E-state index contributed by atoms with van der Waals surface area (Å²) in [6, 6.07) is 13.6. The summed E-state index contributed by atoms with van der Waals surface area (Å²) >= 11 is 0. The zero-order valence-electron chi connectivity index (χ0n) is 19.0. The van der Waals surface area contributed by atoms with Crippen LogP contribution in [0.2, 0.25) is 0 Å². The molecule has 1 heterocycles. The van der Waals surface area contributed by atoms with Crippen LogP contribution in [0.1, 0.15) is 32.3 Å². The number of aliphatic hydroxyl groups is 1. The topological polar surface area (TPSA) is 123 Å². The molecule has 9 nitrogen and oxygen atoms in total. The third-order valence-electron chi connectivity index (χ3n) is 5.11. The molecule has 2 aromatic carbocycles. The van der Waals surface area contributed by atoms with Crippen molar-refractivity contribution in [1.29, 1.82) is 5.26 Å². The Hall–Kier alpha value is -3.90. The summed E-state index contributed by atoms with van der Waals surface area (Å²) in [5.74, 6) is 0.605. The molecular formula is C24H28N6O3. The number of anilines is 3. The van der Waals surface area contributed by atoms with Gasteiger partial charge in [-0.1, -0.05) is 13.8 Å². The Bertz CT molecular complexity index is 1180. The summed E-state index contributed by atoms with van der Waals surface area (Å²) in [6.07, 6.45) is 0.938. The van der Waals surface area contributed by atoms with Crippen LogP contribution in [0.3, 0.4) is 0 Å². The van der Waals surface area contributed by atoms with E-state index in [1.807, 2.05) is 42.7 Å². The van der Waals surface area contributed by atoms with Gasteiger partial charge >= 0.3 is 6.03 Å². The van der Waals surface area contributed by atoms with Gasteiger partial charge in [-0.3, -0.25) is 10.1 Å². The first-order valence-electron chi connectivity index (χ1n) is 10.8. The van der Waals surface area contributed by atoms with Gasteiger partial charge in [-0.15, -0.1) is 0 Å². The Morgan fingerprint density at radius 3 is 2.55 bits per heavy atom. The number of benzene rings is 2. The first kappa shape index (κ1) is 23.8. The van der Waals surface area contributed by atoms with Crippen LogP contribution < -0.4 is 15.5 Å². The van der Waals surface area contributed by atoms with E-state index in [9.17, 15) is 14.7 Å². The van der Waals surface area contributed by atoms with Gasteiger partial charge in [-0.05, 0) is 54.8 Å². The minimum atomic E-state index is -0.482. The zero-order valence-corrected chi connectivity index (χ0v) is 19.0. The highest BCUT2D eigenvalue weighted by atomic mass is 16.3. The molecule has 0 spiro atoms. The number of aromatic nitrogens is 2. The summed E-state index contributed by atoms with van der Waals surface area (Å²) in [5, 5.41) is 23.7. The Kier molecular flexibility index (Phi) is 7.64. The van der Waals surface area contributed by atoms with Gasteiger partial charge in [-0.25, -0.2) is 9.78 Å². The van der Waals surface area contributed by atoms with E-state index in [0.29, 0.717) is 47.8 Å². The Morgan fingerprint density at radius 2 is 1.91 bits per heavy atom. The number of aryl methyl sites for hydroxylation is 1. The lowest BCUT2D eigenvalue weighted by Crippen LogP contribution is -2.27. The molecule has 33 heavy (non-hydrogen) atoms. The number of urea groups is 1. The van der Waals surface area contributed by atoms with Crippen molar-refractivity contribution in [2.45, 2.75) is 33.2 Å². The average Bonchev–Trinajstić information content (AvgIpc) is 3.12. The van der Waals surface area contributed by atoms with Crippen LogP contribution in [0.15, 0.2) is 42.5 Å². The molecule has 3 rings (SSSR count). The molecule has 0 saturated heterocycles. The fourth-order valence-corrected chi connectivity index (χ4v) is 3.40. The predicted molar refractivity (Wildman–Crippen MR) is 128 cm³/mol. The lowest BCUT2D eigenvalue weighted by molar-refractivity contribution is -0.119. The van der Waals surface area contributed by atoms with Gasteiger partial charge in [-0.2, -0.15) is 5.26 Å². The molecule has 3 aromatic rings. The molecule has 0 saturated carbocycles. The molecule has 0 unspecified atom stereocenters. The maximum Gasteiger partial charge on any atom is 0.326 e. The molecule has 0 aliphatic heterocycles. The van der Waals surface area contributed by atoms with Crippen molar-refractivity contribution >= 4 is 40.3 Å². The predicted octanol–water partition coefficient (Wildman–Crippen LogP) is 3.94. The smallest absolute Gasteiger partial charge is 0.326 e. The van der Waals surface area contributed by atoms with Gasteiger partial charge in [0.05, 0.1) is 22.7 Å². The molecule has 9 heteroatoms. The van der Waals surface area contributed by atoms with Crippen molar-refractivity contribution in [3.63, 3.8) is 0 Å². The number of nitrogens with zero attached hydrogens (tertiary/aromatic N) is 4. The molecule has 0 atom stereocenters. The number of nitrogens with one attached hydrogen (secondary N) is 2. The van der Waals surface area contributed by atoms with Crippen LogP contribution in [0.5, 0.6) is 0 Å². The van der Waals surface area contributed by atoms with Crippen LogP contribution >= 0.6 is 0 Å². The summed E-state index contributed by atoms with van der Waals surface area (Å²) in [4.78, 5) is 31.2. The molecular weight excluding hydrogens is 420 g/mol. The number of hydrogen-bond acceptors (Lipinski definition) is 5. The molecule has 3 amide bonds. The third kappa shape index (κ3) is 5.87. The van der Waals surface area contributed by atoms with E-state index in [2.05, 4.69) is 15.6 Å². The number of fused-ring (bicyclic) bond motifs is 1. The van der Waals surface area contributed by atoms with E-state index in [0.717, 1.165) is 5.52 Å². The molecule has 0 radical (unpaired) electrons. The maximum absolute atomic E-state index is 12.6. The molecule has 0 aliphatic carbocycles. The van der Waals surface area contributed by atoms with Crippen molar-refractivity contribution < 1.29 is 14.7 Å². The number of hydrogen-bond donors (Lipinski definition) is 3. The zero-order chi connectivity index (χ0) is 24.0. The second-order valence-electron chi connectivity index (χ2n) is 8.16. The Balaban J connectivity index is 1.85. The number of aliphatic hydroxyl groups excluding tert-OH is 1. The minimum absolute atomic E-state index is 0.00107. The summed E-state index contributed by atoms with van der Waals surface area (Å²) in [7, 11) is 1.73. The Labute approximate surface area is 192 Å². The van der Waals surface area contributed by atoms with Crippen LogP contribution in [-0.4, -0.2) is 40.3 Å². The number of rotatable bonds is 8. The van der Waals surface area contributed by atoms with Crippen LogP contribution in [0.25, 0.3) is 11.0 Å². The second-order valence-corrected chi connectivity index (χ2v) is 8.16. The number of carbonyl (C=O) groups excluding carboxylic acids is 2. The second kappa shape index (κ2) is 10.6. The van der Waals surface area contributed by atoms with E-state index in [4.69, 9.17) is 5.26 Å². The largest absolute Gasteiger partial charge is 0.396 e. The molecule has 172 valence electrons. The monoisotopic (exact) mass is 448 g/mol. The van der Waals surface area contributed by atoms with Gasteiger partial charge in [0, 0.05) is 38.0 Å². The summed E-state index contributed by atoms with van der Waals surface area (Å²) in [5.41, 5.74) is 3.17. The molecule has 0 fully saturated rings. The third-order valence-corrected chi connectivity index (χ3v) is 5.11. The highest BCUT2D eigenvalue weighted by molar-refractivity contribution is 6.00. The number of imidazole rings is 1. The van der Waals surface area contributed by atoms with Crippen molar-refractivity contribution in [3.8, 4) is 6.07 Å². The standard InChI is InChI=1S/C24H28N6O3/c1-16(2)13-22(32)29(3)19-9-10-21-20(14-19)27-23(30(21)11-4-12-31)28-24(33)26-18-7-5-17(15-25)6-8-18/h5-10,14,16,31H,4,11-13H2,1-3H3,(H2,26,27,28,33). The van der Waals surface area contributed by atoms with E-state index in [1.165, 1.54) is 0 Å². The quantitative estimate of drug-likeness (QED) is 0.482. The molecule has 1 aromatic heterocycles. The normalized spacial score (nSPS) is 10.8. The summed E-state index contributed by atoms with van der Waals surface area (Å²) < 4.78 is 1.82. The van der Waals surface area contributed by atoms with Gasteiger partial charge in [0.1, 0.15) is 0 Å². The minimum Gasteiger partial charge on any atom is -0.396 e. The van der Waals surface area contributed by atoms with Gasteiger partial charge in [0.2, 0.25) is 11.9 Å². The number of nitriles is 1. The lowest BCUT2D eigenvalue weighted by Gasteiger charge is -2.18. The van der Waals surface area contributed by atoms with Crippen molar-refractivity contribution in [3.05, 3.63) is 48.0 Å². The SMILES string of the molecule is CC(C)CC(=O)N(C)c1ccc2c(c1)nc(NC(=O)Nc1ccc(C#N)cc1)n2CCCO. The molecule has 3 N–H and O–H groups in total. The first-order valence-corrected chi connectivity index (χ1v) is 10.8. The average molecular weight is 449 g/mol. The van der Waals surface area contributed by atoms with Crippen molar-refractivity contribution in [2.75, 3.05) is 29.2 Å². The van der Waals surface area contributed by atoms with Crippen molar-refractivity contribution in [2.24, 2.45) is 5.92 Å². The Morgan fingerprint density at radius 1 is 1.18 bits per heavy atom. The lowest BCUT2D eigenvalue weighted by atomic mass is 10.1. The van der Waals surface area contributed by atoms with Gasteiger partial charge in [0.15, 0.2) is 0 Å². The van der Waals surface area contributed by atoms with Crippen LogP contribution in [0, 0.1) is 17.2 Å². The number of amides is 3. The van der Waals surface area contributed by atoms with E-state index in [1.54, 1.807) is 36.2 Å². The highest BCUT2D eigenvalue weighted by Gasteiger charge is 2.17. The van der Waals surface area contributed by atoms with Gasteiger partial charge < -0.3 is 19.9 Å². The van der Waals surface area contributed by atoms with E-state index in [-0.39, 0.29) is 18.4 Å². The van der Waals surface area contributed by atoms with Gasteiger partial charge in [0.25, 0.3) is 0 Å². The number of carbonyl (C=O) groups is 2. The maximum atomic E-state index is 12.6. The fraction of sp³-hybridized carbons (Fsp3) is 0.333. The van der Waals surface area contributed by atoms with Crippen LogP contribution in [0.4, 0.5) is 22.1 Å².